The minimum absolute atomic E-state index is 0.0833. The Labute approximate surface area is 165 Å². The number of ether oxygens (including phenoxy) is 1. The van der Waals surface area contributed by atoms with Crippen molar-refractivity contribution in [3.05, 3.63) is 58.2 Å². The molecule has 0 fully saturated rings. The Hall–Kier alpha value is -3.19. The molecular weight excluding hydrogens is 384 g/mol. The fourth-order valence-corrected chi connectivity index (χ4v) is 3.41. The fraction of sp³-hybridized carbons (Fsp3) is 0.200. The van der Waals surface area contributed by atoms with Crippen molar-refractivity contribution in [3.8, 4) is 28.6 Å². The first-order chi connectivity index (χ1) is 13.5. The molecule has 0 radical (unpaired) electrons. The molecule has 0 saturated carbocycles. The number of benzene rings is 2. The smallest absolute Gasteiger partial charge is 0.254 e. The second kappa shape index (κ2) is 7.09. The van der Waals surface area contributed by atoms with Gasteiger partial charge in [-0.25, -0.2) is 0 Å². The highest BCUT2D eigenvalue weighted by Crippen LogP contribution is 2.40. The zero-order chi connectivity index (χ0) is 19.8. The first-order valence-corrected chi connectivity index (χ1v) is 8.98. The zero-order valence-corrected chi connectivity index (χ0v) is 15.7. The van der Waals surface area contributed by atoms with Crippen LogP contribution in [0.2, 0.25) is 5.02 Å². The Bertz CT molecular complexity index is 1050. The van der Waals surface area contributed by atoms with E-state index in [1.807, 2.05) is 0 Å². The molecule has 8 heteroatoms. The van der Waals surface area contributed by atoms with Crippen molar-refractivity contribution in [1.29, 1.82) is 0 Å². The predicted molar refractivity (Wildman–Crippen MR) is 102 cm³/mol. The highest BCUT2D eigenvalue weighted by Gasteiger charge is 2.29. The molecule has 4 rings (SSSR count). The molecule has 0 unspecified atom stereocenters. The van der Waals surface area contributed by atoms with Crippen LogP contribution in [0.4, 0.5) is 0 Å². The average Bonchev–Trinajstić information content (AvgIpc) is 3.13. The number of rotatable bonds is 3. The summed E-state index contributed by atoms with van der Waals surface area (Å²) in [5.41, 5.74) is 2.32. The maximum Gasteiger partial charge on any atom is 0.254 e. The molecule has 0 atom stereocenters. The van der Waals surface area contributed by atoms with Crippen molar-refractivity contribution in [3.63, 3.8) is 0 Å². The van der Waals surface area contributed by atoms with E-state index in [0.717, 1.165) is 11.8 Å². The fourth-order valence-electron chi connectivity index (χ4n) is 3.25. The van der Waals surface area contributed by atoms with Crippen LogP contribution < -0.4 is 4.74 Å². The number of halogens is 1. The maximum atomic E-state index is 12.9. The predicted octanol–water partition coefficient (Wildman–Crippen LogP) is 3.61. The summed E-state index contributed by atoms with van der Waals surface area (Å²) in [7, 11) is 1.57. The van der Waals surface area contributed by atoms with Gasteiger partial charge in [0.1, 0.15) is 17.2 Å². The van der Waals surface area contributed by atoms with E-state index in [1.54, 1.807) is 36.3 Å². The first-order valence-electron chi connectivity index (χ1n) is 8.60. The summed E-state index contributed by atoms with van der Waals surface area (Å²) in [6.07, 6.45) is 0.535. The number of phenols is 2. The summed E-state index contributed by atoms with van der Waals surface area (Å²) in [6, 6.07) is 9.48. The molecule has 28 heavy (non-hydrogen) atoms. The van der Waals surface area contributed by atoms with Gasteiger partial charge in [-0.1, -0.05) is 16.8 Å². The molecule has 0 spiro atoms. The van der Waals surface area contributed by atoms with Gasteiger partial charge in [0.25, 0.3) is 5.91 Å². The van der Waals surface area contributed by atoms with Gasteiger partial charge in [0.2, 0.25) is 0 Å². The van der Waals surface area contributed by atoms with E-state index in [4.69, 9.17) is 20.9 Å². The third-order valence-electron chi connectivity index (χ3n) is 4.77. The van der Waals surface area contributed by atoms with Crippen LogP contribution >= 0.6 is 11.6 Å². The van der Waals surface area contributed by atoms with Gasteiger partial charge in [-0.05, 0) is 30.3 Å². The normalized spacial score (nSPS) is 13.3. The molecule has 2 heterocycles. The molecule has 3 aromatic rings. The Morgan fingerprint density at radius 2 is 1.96 bits per heavy atom. The summed E-state index contributed by atoms with van der Waals surface area (Å²) < 4.78 is 10.6. The third kappa shape index (κ3) is 3.14. The molecule has 2 aromatic carbocycles. The topological polar surface area (TPSA) is 96.0 Å². The van der Waals surface area contributed by atoms with Crippen molar-refractivity contribution in [2.24, 2.45) is 0 Å². The highest BCUT2D eigenvalue weighted by atomic mass is 35.5. The zero-order valence-electron chi connectivity index (χ0n) is 15.0. The SMILES string of the molecule is COc1ccc(C(=O)N2CCc3noc(-c4cc(Cl)c(O)cc4O)c3C2)cc1. The van der Waals surface area contributed by atoms with Crippen LogP contribution in [0.3, 0.4) is 0 Å². The van der Waals surface area contributed by atoms with E-state index in [9.17, 15) is 15.0 Å². The first kappa shape index (κ1) is 18.2. The molecule has 2 N–H and O–H groups in total. The molecule has 7 nitrogen and oxygen atoms in total. The molecule has 0 bridgehead atoms. The van der Waals surface area contributed by atoms with Crippen LogP contribution in [0.5, 0.6) is 17.2 Å². The van der Waals surface area contributed by atoms with E-state index in [0.29, 0.717) is 41.2 Å². The number of hydrogen-bond acceptors (Lipinski definition) is 6. The molecular formula is C20H17ClN2O5. The number of aromatic nitrogens is 1. The number of hydrogen-bond donors (Lipinski definition) is 2. The van der Waals surface area contributed by atoms with Gasteiger partial charge >= 0.3 is 0 Å². The maximum absolute atomic E-state index is 12.9. The van der Waals surface area contributed by atoms with E-state index in [2.05, 4.69) is 5.16 Å². The van der Waals surface area contributed by atoms with Crippen LogP contribution in [-0.4, -0.2) is 39.8 Å². The second-order valence-electron chi connectivity index (χ2n) is 6.46. The number of carbonyl (C=O) groups excluding carboxylic acids is 1. The van der Waals surface area contributed by atoms with Gasteiger partial charge < -0.3 is 24.4 Å². The van der Waals surface area contributed by atoms with Gasteiger partial charge in [-0.2, -0.15) is 0 Å². The number of phenolic OH excluding ortho intramolecular Hbond substituents is 2. The molecule has 0 aliphatic carbocycles. The lowest BCUT2D eigenvalue weighted by atomic mass is 10.00. The lowest BCUT2D eigenvalue weighted by Gasteiger charge is -2.26. The number of methoxy groups -OCH3 is 1. The molecule has 1 aliphatic rings. The standard InChI is InChI=1S/C20H17ClN2O5/c1-27-12-4-2-11(3-5-12)20(26)23-7-6-16-14(10-23)19(28-22-16)13-8-15(21)18(25)9-17(13)24/h2-5,8-9,24-25H,6-7,10H2,1H3. The Balaban J connectivity index is 1.64. The number of carbonyl (C=O) groups is 1. The molecule has 1 aliphatic heterocycles. The molecule has 1 amide bonds. The Morgan fingerprint density at radius 3 is 2.68 bits per heavy atom. The number of amides is 1. The van der Waals surface area contributed by atoms with E-state index in [-0.39, 0.29) is 29.0 Å². The van der Waals surface area contributed by atoms with Crippen molar-refractivity contribution in [1.82, 2.24) is 10.1 Å². The highest BCUT2D eigenvalue weighted by molar-refractivity contribution is 6.32. The molecule has 0 saturated heterocycles. The molecule has 1 aromatic heterocycles. The van der Waals surface area contributed by atoms with Crippen molar-refractivity contribution in [2.45, 2.75) is 13.0 Å². The summed E-state index contributed by atoms with van der Waals surface area (Å²) >= 11 is 5.97. The van der Waals surface area contributed by atoms with E-state index in [1.165, 1.54) is 6.07 Å². The number of fused-ring (bicyclic) bond motifs is 1. The van der Waals surface area contributed by atoms with Crippen LogP contribution in [0.15, 0.2) is 40.9 Å². The van der Waals surface area contributed by atoms with Gasteiger partial charge in [0.15, 0.2) is 5.76 Å². The number of nitrogens with zero attached hydrogens (tertiary/aromatic N) is 2. The summed E-state index contributed by atoms with van der Waals surface area (Å²) in [6.45, 7) is 0.795. The lowest BCUT2D eigenvalue weighted by Crippen LogP contribution is -2.35. The lowest BCUT2D eigenvalue weighted by molar-refractivity contribution is 0.0734. The van der Waals surface area contributed by atoms with Gasteiger partial charge in [0, 0.05) is 30.2 Å². The van der Waals surface area contributed by atoms with E-state index >= 15 is 0 Å². The van der Waals surface area contributed by atoms with Gasteiger partial charge in [0.05, 0.1) is 29.9 Å². The van der Waals surface area contributed by atoms with Crippen LogP contribution in [0, 0.1) is 0 Å². The number of aromatic hydroxyl groups is 2. The van der Waals surface area contributed by atoms with Crippen molar-refractivity contribution < 1.29 is 24.3 Å². The Kier molecular flexibility index (Phi) is 4.60. The minimum atomic E-state index is -0.229. The summed E-state index contributed by atoms with van der Waals surface area (Å²) in [5, 5.41) is 24.0. The summed E-state index contributed by atoms with van der Waals surface area (Å²) in [5.74, 6) is 0.487. The van der Waals surface area contributed by atoms with Crippen LogP contribution in [0.1, 0.15) is 21.6 Å². The third-order valence-corrected chi connectivity index (χ3v) is 5.07. The Morgan fingerprint density at radius 1 is 1.21 bits per heavy atom. The molecule has 144 valence electrons. The monoisotopic (exact) mass is 400 g/mol. The van der Waals surface area contributed by atoms with E-state index < -0.39 is 0 Å². The van der Waals surface area contributed by atoms with Gasteiger partial charge in [-0.3, -0.25) is 4.79 Å². The van der Waals surface area contributed by atoms with Crippen molar-refractivity contribution >= 4 is 17.5 Å². The summed E-state index contributed by atoms with van der Waals surface area (Å²) in [4.78, 5) is 14.6. The van der Waals surface area contributed by atoms with Gasteiger partial charge in [-0.15, -0.1) is 0 Å². The average molecular weight is 401 g/mol. The van der Waals surface area contributed by atoms with Crippen LogP contribution in [0.25, 0.3) is 11.3 Å². The minimum Gasteiger partial charge on any atom is -0.507 e. The second-order valence-corrected chi connectivity index (χ2v) is 6.87. The van der Waals surface area contributed by atoms with Crippen molar-refractivity contribution in [2.75, 3.05) is 13.7 Å². The largest absolute Gasteiger partial charge is 0.507 e. The van der Waals surface area contributed by atoms with Crippen LogP contribution in [-0.2, 0) is 13.0 Å². The quantitative estimate of drug-likeness (QED) is 0.697.